The summed E-state index contributed by atoms with van der Waals surface area (Å²) in [5.41, 5.74) is 0. The third-order valence-electron chi connectivity index (χ3n) is 2.58. The first-order valence-corrected chi connectivity index (χ1v) is 4.79. The van der Waals surface area contributed by atoms with Crippen LogP contribution in [0.1, 0.15) is 41.0 Å². The molecule has 1 fully saturated rings. The molecule has 0 aromatic heterocycles. The molecule has 1 aliphatic heterocycles. The Balaban J connectivity index is 2.65. The minimum atomic E-state index is -0.378. The van der Waals surface area contributed by atoms with Crippen LogP contribution in [0.5, 0.6) is 0 Å². The second kappa shape index (κ2) is 3.35. The fourth-order valence-corrected chi connectivity index (χ4v) is 1.66. The van der Waals surface area contributed by atoms with E-state index < -0.39 is 0 Å². The molecule has 0 radical (unpaired) electrons. The molecule has 0 saturated carbocycles. The predicted octanol–water partition coefficient (Wildman–Crippen LogP) is 2.57. The minimum Gasteiger partial charge on any atom is -0.347 e. The van der Waals surface area contributed by atoms with Crippen LogP contribution in [0.2, 0.25) is 0 Å². The maximum atomic E-state index is 5.78. The van der Waals surface area contributed by atoms with Gasteiger partial charge in [0.15, 0.2) is 5.79 Å². The zero-order chi connectivity index (χ0) is 9.35. The summed E-state index contributed by atoms with van der Waals surface area (Å²) in [4.78, 5) is 0. The Hall–Kier alpha value is -0.0800. The van der Waals surface area contributed by atoms with Crippen molar-refractivity contribution >= 4 is 0 Å². The van der Waals surface area contributed by atoms with Gasteiger partial charge in [-0.2, -0.15) is 0 Å². The van der Waals surface area contributed by atoms with Gasteiger partial charge in [-0.15, -0.1) is 0 Å². The average Bonchev–Trinajstić information content (AvgIpc) is 1.82. The monoisotopic (exact) mass is 172 g/mol. The highest BCUT2D eigenvalue weighted by Crippen LogP contribution is 2.32. The highest BCUT2D eigenvalue weighted by molar-refractivity contribution is 4.77. The lowest BCUT2D eigenvalue weighted by molar-refractivity contribution is -0.320. The van der Waals surface area contributed by atoms with Crippen molar-refractivity contribution in [2.75, 3.05) is 0 Å². The molecular formula is C10H20O2. The number of hydrogen-bond acceptors (Lipinski definition) is 2. The maximum Gasteiger partial charge on any atom is 0.168 e. The van der Waals surface area contributed by atoms with Gasteiger partial charge in [-0.3, -0.25) is 0 Å². The quantitative estimate of drug-likeness (QED) is 0.605. The Morgan fingerprint density at radius 1 is 1.17 bits per heavy atom. The van der Waals surface area contributed by atoms with Gasteiger partial charge in [-0.05, 0) is 27.2 Å². The van der Waals surface area contributed by atoms with E-state index in [-0.39, 0.29) is 5.79 Å². The van der Waals surface area contributed by atoms with E-state index in [2.05, 4.69) is 27.7 Å². The lowest BCUT2D eigenvalue weighted by Crippen LogP contribution is -2.48. The lowest BCUT2D eigenvalue weighted by Gasteiger charge is -2.43. The summed E-state index contributed by atoms with van der Waals surface area (Å²) in [5.74, 6) is 0.0274. The summed E-state index contributed by atoms with van der Waals surface area (Å²) in [7, 11) is 0. The van der Waals surface area contributed by atoms with Gasteiger partial charge in [-0.1, -0.05) is 13.8 Å². The molecule has 0 spiro atoms. The summed E-state index contributed by atoms with van der Waals surface area (Å²) in [5, 5.41) is 0. The standard InChI is InChI=1S/C10H20O2/c1-7(2)10(5)11-8(3)6-9(4)12-10/h7-9H,6H2,1-5H3. The summed E-state index contributed by atoms with van der Waals surface area (Å²) in [6, 6.07) is 0. The molecule has 0 aromatic rings. The summed E-state index contributed by atoms with van der Waals surface area (Å²) < 4.78 is 11.6. The molecule has 0 N–H and O–H groups in total. The number of rotatable bonds is 1. The van der Waals surface area contributed by atoms with Crippen molar-refractivity contribution in [3.63, 3.8) is 0 Å². The SMILES string of the molecule is CC1CC(C)OC(C)(C(C)C)O1. The van der Waals surface area contributed by atoms with E-state index >= 15 is 0 Å². The molecule has 1 heterocycles. The van der Waals surface area contributed by atoms with Crippen LogP contribution >= 0.6 is 0 Å². The van der Waals surface area contributed by atoms with Crippen molar-refractivity contribution in [1.82, 2.24) is 0 Å². The maximum absolute atomic E-state index is 5.78. The Morgan fingerprint density at radius 3 is 1.92 bits per heavy atom. The topological polar surface area (TPSA) is 18.5 Å². The minimum absolute atomic E-state index is 0.321. The van der Waals surface area contributed by atoms with Gasteiger partial charge in [0.2, 0.25) is 0 Å². The Bertz CT molecular complexity index is 144. The highest BCUT2D eigenvalue weighted by Gasteiger charge is 2.38. The highest BCUT2D eigenvalue weighted by atomic mass is 16.7. The Labute approximate surface area is 75.2 Å². The molecule has 1 rings (SSSR count). The fraction of sp³-hybridized carbons (Fsp3) is 1.00. The summed E-state index contributed by atoms with van der Waals surface area (Å²) in [6.45, 7) is 10.5. The van der Waals surface area contributed by atoms with Gasteiger partial charge in [0.25, 0.3) is 0 Å². The third-order valence-corrected chi connectivity index (χ3v) is 2.58. The van der Waals surface area contributed by atoms with E-state index in [9.17, 15) is 0 Å². The average molecular weight is 172 g/mol. The van der Waals surface area contributed by atoms with Gasteiger partial charge >= 0.3 is 0 Å². The van der Waals surface area contributed by atoms with E-state index in [4.69, 9.17) is 9.47 Å². The van der Waals surface area contributed by atoms with Crippen LogP contribution in [0, 0.1) is 5.92 Å². The Morgan fingerprint density at radius 2 is 1.58 bits per heavy atom. The van der Waals surface area contributed by atoms with Crippen molar-refractivity contribution in [3.05, 3.63) is 0 Å². The van der Waals surface area contributed by atoms with Crippen LogP contribution in [0.4, 0.5) is 0 Å². The molecule has 2 unspecified atom stereocenters. The van der Waals surface area contributed by atoms with Crippen LogP contribution in [0.15, 0.2) is 0 Å². The molecule has 1 aliphatic rings. The largest absolute Gasteiger partial charge is 0.347 e. The van der Waals surface area contributed by atoms with Crippen LogP contribution in [0.25, 0.3) is 0 Å². The Kier molecular flexibility index (Phi) is 2.79. The molecule has 12 heavy (non-hydrogen) atoms. The lowest BCUT2D eigenvalue weighted by atomic mass is 10.0. The van der Waals surface area contributed by atoms with Crippen LogP contribution in [0.3, 0.4) is 0 Å². The van der Waals surface area contributed by atoms with E-state index in [0.717, 1.165) is 6.42 Å². The molecule has 2 nitrogen and oxygen atoms in total. The van der Waals surface area contributed by atoms with Gasteiger partial charge in [0.05, 0.1) is 12.2 Å². The predicted molar refractivity (Wildman–Crippen MR) is 49.0 cm³/mol. The van der Waals surface area contributed by atoms with Gasteiger partial charge in [0, 0.05) is 5.92 Å². The van der Waals surface area contributed by atoms with Crippen molar-refractivity contribution in [2.45, 2.75) is 59.0 Å². The van der Waals surface area contributed by atoms with E-state index in [0.29, 0.717) is 18.1 Å². The van der Waals surface area contributed by atoms with E-state index in [1.54, 1.807) is 0 Å². The molecule has 2 heteroatoms. The molecule has 72 valence electrons. The van der Waals surface area contributed by atoms with E-state index in [1.807, 2.05) is 6.92 Å². The number of hydrogen-bond donors (Lipinski definition) is 0. The second-order valence-corrected chi connectivity index (χ2v) is 4.26. The van der Waals surface area contributed by atoms with Crippen molar-refractivity contribution in [2.24, 2.45) is 5.92 Å². The second-order valence-electron chi connectivity index (χ2n) is 4.26. The van der Waals surface area contributed by atoms with Crippen LogP contribution in [-0.4, -0.2) is 18.0 Å². The fourth-order valence-electron chi connectivity index (χ4n) is 1.66. The van der Waals surface area contributed by atoms with Gasteiger partial charge in [-0.25, -0.2) is 0 Å². The normalized spacial score (nSPS) is 43.5. The molecule has 1 saturated heterocycles. The first kappa shape index (κ1) is 10.0. The zero-order valence-corrected chi connectivity index (χ0v) is 8.76. The number of ether oxygens (including phenoxy) is 2. The van der Waals surface area contributed by atoms with Crippen molar-refractivity contribution in [3.8, 4) is 0 Å². The molecule has 2 atom stereocenters. The van der Waals surface area contributed by atoms with Crippen LogP contribution in [-0.2, 0) is 9.47 Å². The zero-order valence-electron chi connectivity index (χ0n) is 8.76. The molecule has 0 amide bonds. The first-order valence-electron chi connectivity index (χ1n) is 4.79. The molecule has 0 aromatic carbocycles. The third kappa shape index (κ3) is 1.99. The van der Waals surface area contributed by atoms with Crippen molar-refractivity contribution in [1.29, 1.82) is 0 Å². The van der Waals surface area contributed by atoms with Gasteiger partial charge in [0.1, 0.15) is 0 Å². The van der Waals surface area contributed by atoms with E-state index in [1.165, 1.54) is 0 Å². The van der Waals surface area contributed by atoms with Crippen LogP contribution < -0.4 is 0 Å². The first-order chi connectivity index (χ1) is 5.44. The molecule has 0 bridgehead atoms. The molecular weight excluding hydrogens is 152 g/mol. The summed E-state index contributed by atoms with van der Waals surface area (Å²) >= 11 is 0. The van der Waals surface area contributed by atoms with Gasteiger partial charge < -0.3 is 9.47 Å². The summed E-state index contributed by atoms with van der Waals surface area (Å²) in [6.07, 6.45) is 1.64. The van der Waals surface area contributed by atoms with Crippen molar-refractivity contribution < 1.29 is 9.47 Å². The smallest absolute Gasteiger partial charge is 0.168 e. The molecule has 0 aliphatic carbocycles.